The van der Waals surface area contributed by atoms with Gasteiger partial charge < -0.3 is 4.90 Å². The van der Waals surface area contributed by atoms with Gasteiger partial charge in [0.05, 0.1) is 28.2 Å². The molecule has 2 amide bonds. The summed E-state index contributed by atoms with van der Waals surface area (Å²) in [5, 5.41) is 0.590. The van der Waals surface area contributed by atoms with Gasteiger partial charge in [0.25, 0.3) is 11.8 Å². The Morgan fingerprint density at radius 2 is 1.15 bits per heavy atom. The van der Waals surface area contributed by atoms with Crippen LogP contribution in [0.25, 0.3) is 0 Å². The smallest absolute Gasteiger partial charge is 0.287 e. The summed E-state index contributed by atoms with van der Waals surface area (Å²) >= 11 is 9.90. The van der Waals surface area contributed by atoms with E-state index in [4.69, 9.17) is 11.6 Å². The SMILES string of the molecule is CC1(C)/C(=C/C=C/C=C/C2[NH+](CC(=O)N3c4ccccc4Sc4ccccc43)c3ccccc3C2(C)C)N(CC(=O)N2c3ccccc3Sc3ccc(Cl)cc32)c2ccccc21. The van der Waals surface area contributed by atoms with Crippen molar-refractivity contribution in [3.05, 3.63) is 192 Å². The van der Waals surface area contributed by atoms with Crippen molar-refractivity contribution in [2.45, 2.75) is 64.1 Å². The molecule has 308 valence electrons. The van der Waals surface area contributed by atoms with E-state index in [0.717, 1.165) is 64.3 Å². The lowest BCUT2D eigenvalue weighted by Gasteiger charge is -2.33. The van der Waals surface area contributed by atoms with Crippen LogP contribution in [0.15, 0.2) is 195 Å². The number of hydrogen-bond donors (Lipinski definition) is 1. The van der Waals surface area contributed by atoms with Gasteiger partial charge in [-0.25, -0.2) is 0 Å². The number of quaternary nitrogens is 1. The van der Waals surface area contributed by atoms with E-state index in [9.17, 15) is 9.59 Å². The lowest BCUT2D eigenvalue weighted by Crippen LogP contribution is -3.12. The summed E-state index contributed by atoms with van der Waals surface area (Å²) in [6.07, 6.45) is 10.7. The molecular formula is C53H46ClN4O2S2+. The van der Waals surface area contributed by atoms with Crippen LogP contribution in [0.5, 0.6) is 0 Å². The lowest BCUT2D eigenvalue weighted by atomic mass is 9.80. The van der Waals surface area contributed by atoms with Gasteiger partial charge in [0.15, 0.2) is 6.54 Å². The van der Waals surface area contributed by atoms with Crippen LogP contribution in [-0.2, 0) is 20.4 Å². The van der Waals surface area contributed by atoms with E-state index in [-0.39, 0.29) is 35.2 Å². The molecule has 6 aromatic carbocycles. The van der Waals surface area contributed by atoms with Gasteiger partial charge in [-0.1, -0.05) is 140 Å². The van der Waals surface area contributed by atoms with Crippen molar-refractivity contribution in [1.29, 1.82) is 0 Å². The Bertz CT molecular complexity index is 2840. The highest BCUT2D eigenvalue weighted by Gasteiger charge is 2.49. The monoisotopic (exact) mass is 869 g/mol. The third-order valence-corrected chi connectivity index (χ3v) is 15.2. The normalized spacial score (nSPS) is 19.6. The summed E-state index contributed by atoms with van der Waals surface area (Å²) in [7, 11) is 0. The standard InChI is InChI=1S/C53H45ClN4O2S2/c1-52(2)36-18-8-10-20-38(36)55(33-50(59)57-40-22-12-15-25-44(40)61-45-26-16-13-23-41(45)57)48(52)28-6-5-7-29-49-53(3,4)37-19-9-11-21-39(37)56(49)34-51(60)58-42-24-14-17-27-46(42)62-47-31-30-35(54)32-43(47)58/h5-32,48H,33-34H2,1-4H3/p+1/b7-5+,28-6+,49-29-. The zero-order chi connectivity index (χ0) is 42.8. The zero-order valence-corrected chi connectivity index (χ0v) is 37.4. The number of amides is 2. The van der Waals surface area contributed by atoms with Gasteiger partial charge in [-0.3, -0.25) is 24.3 Å². The second-order valence-electron chi connectivity index (χ2n) is 17.2. The molecule has 1 N–H and O–H groups in total. The Balaban J connectivity index is 0.948. The number of halogens is 1. The van der Waals surface area contributed by atoms with Gasteiger partial charge in [-0.05, 0) is 98.3 Å². The van der Waals surface area contributed by atoms with Crippen LogP contribution < -0.4 is 19.6 Å². The molecule has 0 saturated carbocycles. The van der Waals surface area contributed by atoms with Crippen molar-refractivity contribution in [3.63, 3.8) is 0 Å². The van der Waals surface area contributed by atoms with Crippen molar-refractivity contribution in [2.75, 3.05) is 27.8 Å². The van der Waals surface area contributed by atoms with Crippen molar-refractivity contribution in [3.8, 4) is 0 Å². The fraction of sp³-hybridized carbons (Fsp3) is 0.170. The molecule has 2 unspecified atom stereocenters. The largest absolute Gasteiger partial charge is 0.335 e. The molecule has 9 heteroatoms. The quantitative estimate of drug-likeness (QED) is 0.162. The van der Waals surface area contributed by atoms with Crippen LogP contribution in [0, 0.1) is 0 Å². The maximum Gasteiger partial charge on any atom is 0.287 e. The highest BCUT2D eigenvalue weighted by Crippen LogP contribution is 2.51. The molecule has 0 spiro atoms. The van der Waals surface area contributed by atoms with E-state index < -0.39 is 0 Å². The van der Waals surface area contributed by atoms with Gasteiger partial charge in [0.1, 0.15) is 18.3 Å². The molecule has 6 nitrogen and oxygen atoms in total. The number of carbonyl (C=O) groups is 2. The molecule has 4 aliphatic heterocycles. The van der Waals surface area contributed by atoms with E-state index in [1.165, 1.54) is 11.1 Å². The Morgan fingerprint density at radius 3 is 1.79 bits per heavy atom. The minimum absolute atomic E-state index is 0.00549. The Labute approximate surface area is 377 Å². The molecule has 0 saturated heterocycles. The minimum atomic E-state index is -0.359. The van der Waals surface area contributed by atoms with Crippen LogP contribution in [-0.4, -0.2) is 30.9 Å². The number of nitrogens with one attached hydrogen (secondary N) is 1. The first-order valence-electron chi connectivity index (χ1n) is 21.0. The molecule has 6 aromatic rings. The number of fused-ring (bicyclic) bond motifs is 6. The first-order chi connectivity index (χ1) is 30.0. The number of para-hydroxylation sites is 5. The maximum atomic E-state index is 14.7. The molecule has 0 aliphatic carbocycles. The molecule has 4 aliphatic rings. The first-order valence-corrected chi connectivity index (χ1v) is 23.0. The predicted octanol–water partition coefficient (Wildman–Crippen LogP) is 12.0. The number of nitrogens with zero attached hydrogens (tertiary/aromatic N) is 3. The second kappa shape index (κ2) is 15.9. The van der Waals surface area contributed by atoms with E-state index in [0.29, 0.717) is 11.6 Å². The predicted molar refractivity (Wildman–Crippen MR) is 255 cm³/mol. The summed E-state index contributed by atoms with van der Waals surface area (Å²) in [5.41, 5.74) is 8.57. The zero-order valence-electron chi connectivity index (χ0n) is 35.0. The van der Waals surface area contributed by atoms with Crippen LogP contribution in [0.1, 0.15) is 38.8 Å². The third-order valence-electron chi connectivity index (χ3n) is 12.8. The van der Waals surface area contributed by atoms with Gasteiger partial charge >= 0.3 is 0 Å². The van der Waals surface area contributed by atoms with E-state index in [2.05, 4.69) is 124 Å². The van der Waals surface area contributed by atoms with Crippen molar-refractivity contribution >= 4 is 81.1 Å². The first kappa shape index (κ1) is 40.3. The van der Waals surface area contributed by atoms with E-state index in [1.54, 1.807) is 23.5 Å². The summed E-state index contributed by atoms with van der Waals surface area (Å²) < 4.78 is 0. The average molecular weight is 871 g/mol. The maximum absolute atomic E-state index is 14.7. The van der Waals surface area contributed by atoms with Gasteiger partial charge in [-0.2, -0.15) is 0 Å². The minimum Gasteiger partial charge on any atom is -0.335 e. The number of allylic oxidation sites excluding steroid dienone is 5. The number of hydrogen-bond acceptors (Lipinski definition) is 5. The second-order valence-corrected chi connectivity index (χ2v) is 19.8. The fourth-order valence-corrected chi connectivity index (χ4v) is 12.0. The van der Waals surface area contributed by atoms with Crippen LogP contribution in [0.3, 0.4) is 0 Å². The molecule has 0 radical (unpaired) electrons. The highest BCUT2D eigenvalue weighted by atomic mass is 35.5. The van der Waals surface area contributed by atoms with Gasteiger partial charge in [0.2, 0.25) is 0 Å². The molecule has 0 bridgehead atoms. The van der Waals surface area contributed by atoms with Crippen molar-refractivity contribution in [2.24, 2.45) is 0 Å². The molecule has 10 rings (SSSR count). The Morgan fingerprint density at radius 1 is 0.613 bits per heavy atom. The summed E-state index contributed by atoms with van der Waals surface area (Å²) in [6.45, 7) is 9.45. The molecular weight excluding hydrogens is 824 g/mol. The topological polar surface area (TPSA) is 48.3 Å². The highest BCUT2D eigenvalue weighted by molar-refractivity contribution is 8.00. The number of benzene rings is 6. The molecule has 2 atom stereocenters. The number of anilines is 5. The molecule has 0 fully saturated rings. The molecule has 62 heavy (non-hydrogen) atoms. The number of rotatable bonds is 7. The van der Waals surface area contributed by atoms with E-state index in [1.807, 2.05) is 88.7 Å². The number of carbonyl (C=O) groups excluding carboxylic acids is 2. The van der Waals surface area contributed by atoms with Crippen molar-refractivity contribution in [1.82, 2.24) is 0 Å². The van der Waals surface area contributed by atoms with Crippen LogP contribution in [0.2, 0.25) is 5.02 Å². The van der Waals surface area contributed by atoms with Crippen molar-refractivity contribution < 1.29 is 14.5 Å². The summed E-state index contributed by atoms with van der Waals surface area (Å²) in [4.78, 5) is 40.6. The van der Waals surface area contributed by atoms with Gasteiger partial charge in [0, 0.05) is 47.0 Å². The van der Waals surface area contributed by atoms with Gasteiger partial charge in [-0.15, -0.1) is 0 Å². The molecule has 0 aromatic heterocycles. The fourth-order valence-electron chi connectivity index (χ4n) is 9.77. The van der Waals surface area contributed by atoms with E-state index >= 15 is 0 Å². The third kappa shape index (κ3) is 6.81. The molecule has 4 heterocycles. The summed E-state index contributed by atoms with van der Waals surface area (Å²) in [6, 6.07) is 47.1. The van der Waals surface area contributed by atoms with Crippen LogP contribution in [0.4, 0.5) is 34.1 Å². The average Bonchev–Trinajstić information content (AvgIpc) is 3.62. The van der Waals surface area contributed by atoms with Crippen LogP contribution >= 0.6 is 35.1 Å². The Kier molecular flexibility index (Phi) is 10.3. The summed E-state index contributed by atoms with van der Waals surface area (Å²) in [5.74, 6) is 0.0157. The Hall–Kier alpha value is -5.77. The lowest BCUT2D eigenvalue weighted by molar-refractivity contribution is -0.841.